The second kappa shape index (κ2) is 7.79. The average Bonchev–Trinajstić information content (AvgIpc) is 2.36. The Morgan fingerprint density at radius 3 is 2.42 bits per heavy atom. The van der Waals surface area contributed by atoms with Gasteiger partial charge < -0.3 is 15.2 Å². The maximum atomic E-state index is 11.9. The Bertz CT molecular complexity index is 387. The number of rotatable bonds is 7. The van der Waals surface area contributed by atoms with Gasteiger partial charge in [0.05, 0.1) is 6.10 Å². The van der Waals surface area contributed by atoms with Gasteiger partial charge >= 0.3 is 0 Å². The minimum Gasteiger partial charge on any atom is -0.491 e. The van der Waals surface area contributed by atoms with Gasteiger partial charge in [0.2, 0.25) is 0 Å². The molecule has 19 heavy (non-hydrogen) atoms. The molecule has 4 heteroatoms. The third-order valence-electron chi connectivity index (χ3n) is 2.72. The number of hydrogen-bond acceptors (Lipinski definition) is 3. The molecular weight excluding hydrogens is 242 g/mol. The minimum atomic E-state index is -0.0964. The zero-order valence-electron chi connectivity index (χ0n) is 11.8. The number of carbonyl (C=O) groups is 1. The molecule has 1 aromatic carbocycles. The van der Waals surface area contributed by atoms with Crippen molar-refractivity contribution in [1.29, 1.82) is 0 Å². The summed E-state index contributed by atoms with van der Waals surface area (Å²) >= 11 is 0. The first-order valence-electron chi connectivity index (χ1n) is 6.68. The van der Waals surface area contributed by atoms with Gasteiger partial charge in [-0.3, -0.25) is 4.79 Å². The summed E-state index contributed by atoms with van der Waals surface area (Å²) in [7, 11) is 0. The Morgan fingerprint density at radius 1 is 1.26 bits per heavy atom. The highest BCUT2D eigenvalue weighted by Gasteiger charge is 2.08. The third-order valence-corrected chi connectivity index (χ3v) is 2.72. The Balaban J connectivity index is 2.48. The van der Waals surface area contributed by atoms with E-state index in [2.05, 4.69) is 5.32 Å². The summed E-state index contributed by atoms with van der Waals surface area (Å²) < 4.78 is 5.52. The van der Waals surface area contributed by atoms with Crippen LogP contribution < -0.4 is 10.1 Å². The van der Waals surface area contributed by atoms with Crippen LogP contribution in [0.1, 0.15) is 37.6 Å². The number of nitrogens with one attached hydrogen (secondary N) is 1. The van der Waals surface area contributed by atoms with E-state index < -0.39 is 0 Å². The van der Waals surface area contributed by atoms with E-state index in [1.54, 1.807) is 24.3 Å². The molecule has 0 saturated carbocycles. The van der Waals surface area contributed by atoms with Crippen LogP contribution in [-0.2, 0) is 0 Å². The van der Waals surface area contributed by atoms with Crippen LogP contribution in [0.15, 0.2) is 24.3 Å². The second-order valence-electron chi connectivity index (χ2n) is 5.02. The van der Waals surface area contributed by atoms with Gasteiger partial charge in [0.15, 0.2) is 0 Å². The van der Waals surface area contributed by atoms with Gasteiger partial charge in [-0.1, -0.05) is 6.92 Å². The van der Waals surface area contributed by atoms with E-state index >= 15 is 0 Å². The van der Waals surface area contributed by atoms with E-state index in [1.807, 2.05) is 20.8 Å². The maximum Gasteiger partial charge on any atom is 0.251 e. The topological polar surface area (TPSA) is 58.6 Å². The molecule has 4 nitrogen and oxygen atoms in total. The molecule has 1 atom stereocenters. The summed E-state index contributed by atoms with van der Waals surface area (Å²) in [6.45, 7) is 6.64. The second-order valence-corrected chi connectivity index (χ2v) is 5.02. The molecule has 1 rings (SSSR count). The lowest BCUT2D eigenvalue weighted by atomic mass is 10.1. The molecule has 0 aliphatic carbocycles. The number of hydrogen-bond donors (Lipinski definition) is 2. The standard InChI is InChI=1S/C15H23NO3/c1-11(2)19-14-6-4-13(5-7-14)15(18)16-10-12(3)8-9-17/h4-7,11-12,17H,8-10H2,1-3H3,(H,16,18). The number of carbonyl (C=O) groups excluding carboxylic acids is 1. The highest BCUT2D eigenvalue weighted by Crippen LogP contribution is 2.13. The number of benzene rings is 1. The highest BCUT2D eigenvalue weighted by atomic mass is 16.5. The summed E-state index contributed by atoms with van der Waals surface area (Å²) in [5.41, 5.74) is 0.618. The Kier molecular flexibility index (Phi) is 6.36. The summed E-state index contributed by atoms with van der Waals surface area (Å²) in [5.74, 6) is 0.943. The van der Waals surface area contributed by atoms with Crippen molar-refractivity contribution >= 4 is 5.91 Å². The fourth-order valence-corrected chi connectivity index (χ4v) is 1.65. The molecule has 1 unspecified atom stereocenters. The lowest BCUT2D eigenvalue weighted by Gasteiger charge is -2.12. The van der Waals surface area contributed by atoms with Gasteiger partial charge in [0.25, 0.3) is 5.91 Å². The van der Waals surface area contributed by atoms with Gasteiger partial charge in [-0.2, -0.15) is 0 Å². The van der Waals surface area contributed by atoms with Gasteiger partial charge in [0, 0.05) is 18.7 Å². The smallest absolute Gasteiger partial charge is 0.251 e. The van der Waals surface area contributed by atoms with Crippen molar-refractivity contribution < 1.29 is 14.6 Å². The number of amides is 1. The molecule has 1 aromatic rings. The van der Waals surface area contributed by atoms with Crippen LogP contribution in [0.25, 0.3) is 0 Å². The van der Waals surface area contributed by atoms with E-state index in [4.69, 9.17) is 9.84 Å². The van der Waals surface area contributed by atoms with Crippen molar-refractivity contribution in [3.05, 3.63) is 29.8 Å². The molecule has 0 heterocycles. The van der Waals surface area contributed by atoms with E-state index in [0.29, 0.717) is 18.5 Å². The van der Waals surface area contributed by atoms with Crippen LogP contribution in [0.5, 0.6) is 5.75 Å². The molecular formula is C15H23NO3. The zero-order valence-corrected chi connectivity index (χ0v) is 11.8. The van der Waals surface area contributed by atoms with Crippen LogP contribution in [0.4, 0.5) is 0 Å². The van der Waals surface area contributed by atoms with Crippen molar-refractivity contribution in [3.8, 4) is 5.75 Å². The normalized spacial score (nSPS) is 12.3. The quantitative estimate of drug-likeness (QED) is 0.794. The lowest BCUT2D eigenvalue weighted by Crippen LogP contribution is -2.28. The predicted octanol–water partition coefficient (Wildman–Crippen LogP) is 2.22. The SMILES string of the molecule is CC(CCO)CNC(=O)c1ccc(OC(C)C)cc1. The van der Waals surface area contributed by atoms with Gasteiger partial charge in [-0.05, 0) is 50.5 Å². The van der Waals surface area contributed by atoms with Crippen LogP contribution in [0.3, 0.4) is 0 Å². The van der Waals surface area contributed by atoms with Gasteiger partial charge in [-0.15, -0.1) is 0 Å². The zero-order chi connectivity index (χ0) is 14.3. The van der Waals surface area contributed by atoms with Crippen molar-refractivity contribution in [1.82, 2.24) is 5.32 Å². The van der Waals surface area contributed by atoms with Crippen LogP contribution in [0, 0.1) is 5.92 Å². The molecule has 0 saturated heterocycles. The first-order valence-corrected chi connectivity index (χ1v) is 6.68. The molecule has 0 aliphatic rings. The Labute approximate surface area is 114 Å². The molecule has 2 N–H and O–H groups in total. The Morgan fingerprint density at radius 2 is 1.89 bits per heavy atom. The van der Waals surface area contributed by atoms with Crippen molar-refractivity contribution in [2.24, 2.45) is 5.92 Å². The predicted molar refractivity (Wildman–Crippen MR) is 75.4 cm³/mol. The summed E-state index contributed by atoms with van der Waals surface area (Å²) in [4.78, 5) is 11.9. The molecule has 0 radical (unpaired) electrons. The van der Waals surface area contributed by atoms with Gasteiger partial charge in [0.1, 0.15) is 5.75 Å². The monoisotopic (exact) mass is 265 g/mol. The highest BCUT2D eigenvalue weighted by molar-refractivity contribution is 5.94. The number of aliphatic hydroxyl groups excluding tert-OH is 1. The van der Waals surface area contributed by atoms with E-state index in [-0.39, 0.29) is 24.5 Å². The van der Waals surface area contributed by atoms with Crippen LogP contribution in [0.2, 0.25) is 0 Å². The fourth-order valence-electron chi connectivity index (χ4n) is 1.65. The van der Waals surface area contributed by atoms with E-state index in [9.17, 15) is 4.79 Å². The molecule has 0 bridgehead atoms. The number of ether oxygens (including phenoxy) is 1. The third kappa shape index (κ3) is 5.75. The molecule has 106 valence electrons. The van der Waals surface area contributed by atoms with Crippen LogP contribution >= 0.6 is 0 Å². The first-order chi connectivity index (χ1) is 9.02. The minimum absolute atomic E-state index is 0.0964. The average molecular weight is 265 g/mol. The lowest BCUT2D eigenvalue weighted by molar-refractivity contribution is 0.0945. The molecule has 0 spiro atoms. The van der Waals surface area contributed by atoms with Crippen molar-refractivity contribution in [3.63, 3.8) is 0 Å². The summed E-state index contributed by atoms with van der Waals surface area (Å²) in [6.07, 6.45) is 0.820. The van der Waals surface area contributed by atoms with Crippen LogP contribution in [-0.4, -0.2) is 30.3 Å². The fraction of sp³-hybridized carbons (Fsp3) is 0.533. The largest absolute Gasteiger partial charge is 0.491 e. The molecule has 0 aliphatic heterocycles. The first kappa shape index (κ1) is 15.5. The Hall–Kier alpha value is -1.55. The molecule has 1 amide bonds. The molecule has 0 aromatic heterocycles. The summed E-state index contributed by atoms with van der Waals surface area (Å²) in [6, 6.07) is 7.10. The van der Waals surface area contributed by atoms with Crippen molar-refractivity contribution in [2.45, 2.75) is 33.3 Å². The van der Waals surface area contributed by atoms with E-state index in [1.165, 1.54) is 0 Å². The molecule has 0 fully saturated rings. The maximum absolute atomic E-state index is 11.9. The van der Waals surface area contributed by atoms with Gasteiger partial charge in [-0.25, -0.2) is 0 Å². The number of aliphatic hydroxyl groups is 1. The van der Waals surface area contributed by atoms with Crippen molar-refractivity contribution in [2.75, 3.05) is 13.2 Å². The van der Waals surface area contributed by atoms with E-state index in [0.717, 1.165) is 5.75 Å². The summed E-state index contributed by atoms with van der Waals surface area (Å²) in [5, 5.41) is 11.6.